The van der Waals surface area contributed by atoms with E-state index in [1.165, 1.54) is 10.1 Å². The lowest BCUT2D eigenvalue weighted by Crippen LogP contribution is -2.10. The Bertz CT molecular complexity index is 1010. The SMILES string of the molecule is C[C@H](Nc1ccc2nnc(C(F)F)n2n1)c1csc2ccccc12. The quantitative estimate of drug-likeness (QED) is 0.594. The van der Waals surface area contributed by atoms with Crippen LogP contribution >= 0.6 is 11.3 Å². The zero-order chi connectivity index (χ0) is 16.7. The molecule has 24 heavy (non-hydrogen) atoms. The molecule has 0 spiro atoms. The highest BCUT2D eigenvalue weighted by Gasteiger charge is 2.18. The molecule has 0 saturated heterocycles. The molecule has 1 atom stereocenters. The van der Waals surface area contributed by atoms with Crippen LogP contribution in [0.2, 0.25) is 0 Å². The Hall–Kier alpha value is -2.61. The van der Waals surface area contributed by atoms with Crippen LogP contribution in [0.5, 0.6) is 0 Å². The van der Waals surface area contributed by atoms with Crippen LogP contribution in [0.25, 0.3) is 15.7 Å². The molecular weight excluding hydrogens is 332 g/mol. The van der Waals surface area contributed by atoms with Gasteiger partial charge in [0.05, 0.1) is 6.04 Å². The largest absolute Gasteiger partial charge is 0.362 e. The van der Waals surface area contributed by atoms with Crippen LogP contribution in [0, 0.1) is 0 Å². The minimum atomic E-state index is -2.72. The second-order valence-electron chi connectivity index (χ2n) is 5.40. The number of hydrogen-bond donors (Lipinski definition) is 1. The molecule has 5 nitrogen and oxygen atoms in total. The third kappa shape index (κ3) is 2.48. The van der Waals surface area contributed by atoms with Gasteiger partial charge in [0.2, 0.25) is 5.82 Å². The summed E-state index contributed by atoms with van der Waals surface area (Å²) in [5.74, 6) is 0.0364. The molecule has 4 rings (SSSR count). The van der Waals surface area contributed by atoms with Gasteiger partial charge in [0.15, 0.2) is 5.65 Å². The van der Waals surface area contributed by atoms with Crippen LogP contribution in [-0.2, 0) is 0 Å². The Morgan fingerprint density at radius 3 is 2.79 bits per heavy atom. The van der Waals surface area contributed by atoms with Gasteiger partial charge in [-0.2, -0.15) is 4.52 Å². The molecule has 0 aliphatic carbocycles. The number of fused-ring (bicyclic) bond motifs is 2. The summed E-state index contributed by atoms with van der Waals surface area (Å²) < 4.78 is 28.2. The standard InChI is InChI=1S/C16H13F2N5S/c1-9(11-8-24-12-5-3-2-4-10(11)12)19-13-6-7-14-20-21-16(15(17)18)23(14)22-13/h2-9,15H,1H3,(H,19,22)/t9-/m0/s1. The molecule has 0 aliphatic rings. The van der Waals surface area contributed by atoms with E-state index in [1.54, 1.807) is 23.5 Å². The van der Waals surface area contributed by atoms with Crippen LogP contribution < -0.4 is 5.32 Å². The summed E-state index contributed by atoms with van der Waals surface area (Å²) in [4.78, 5) is 0. The highest BCUT2D eigenvalue weighted by Crippen LogP contribution is 2.31. The van der Waals surface area contributed by atoms with E-state index < -0.39 is 12.2 Å². The van der Waals surface area contributed by atoms with E-state index in [0.717, 1.165) is 10.1 Å². The molecule has 0 amide bonds. The third-order valence-corrected chi connectivity index (χ3v) is 4.81. The summed E-state index contributed by atoms with van der Waals surface area (Å²) in [7, 11) is 0. The van der Waals surface area contributed by atoms with Gasteiger partial charge in [-0.1, -0.05) is 18.2 Å². The maximum absolute atomic E-state index is 12.9. The molecule has 122 valence electrons. The smallest absolute Gasteiger partial charge is 0.299 e. The van der Waals surface area contributed by atoms with Crippen molar-refractivity contribution in [3.8, 4) is 0 Å². The van der Waals surface area contributed by atoms with Gasteiger partial charge in [0, 0.05) is 4.70 Å². The fourth-order valence-electron chi connectivity index (χ4n) is 2.65. The van der Waals surface area contributed by atoms with Gasteiger partial charge in [-0.25, -0.2) is 8.78 Å². The fraction of sp³-hybridized carbons (Fsp3) is 0.188. The number of hydrogen-bond acceptors (Lipinski definition) is 5. The summed E-state index contributed by atoms with van der Waals surface area (Å²) in [6, 6.07) is 11.5. The summed E-state index contributed by atoms with van der Waals surface area (Å²) in [6.07, 6.45) is -2.72. The molecule has 0 unspecified atom stereocenters. The summed E-state index contributed by atoms with van der Waals surface area (Å²) in [6.45, 7) is 2.01. The lowest BCUT2D eigenvalue weighted by atomic mass is 10.1. The Labute approximate surface area is 140 Å². The lowest BCUT2D eigenvalue weighted by molar-refractivity contribution is 0.137. The summed E-state index contributed by atoms with van der Waals surface area (Å²) >= 11 is 1.68. The number of thiophene rings is 1. The van der Waals surface area contributed by atoms with Crippen molar-refractivity contribution in [3.63, 3.8) is 0 Å². The number of nitrogens with one attached hydrogen (secondary N) is 1. The molecule has 0 bridgehead atoms. The zero-order valence-electron chi connectivity index (χ0n) is 12.6. The minimum absolute atomic E-state index is 0.0161. The molecule has 0 saturated carbocycles. The van der Waals surface area contributed by atoms with Crippen LogP contribution in [-0.4, -0.2) is 19.8 Å². The van der Waals surface area contributed by atoms with Crippen molar-refractivity contribution in [2.24, 2.45) is 0 Å². The van der Waals surface area contributed by atoms with E-state index in [9.17, 15) is 8.78 Å². The predicted molar refractivity (Wildman–Crippen MR) is 89.6 cm³/mol. The number of alkyl halides is 2. The third-order valence-electron chi connectivity index (χ3n) is 3.82. The van der Waals surface area contributed by atoms with Crippen molar-refractivity contribution < 1.29 is 8.78 Å². The average Bonchev–Trinajstić information content (AvgIpc) is 3.18. The maximum Gasteiger partial charge on any atom is 0.299 e. The van der Waals surface area contributed by atoms with Gasteiger partial charge < -0.3 is 5.32 Å². The Balaban J connectivity index is 1.67. The summed E-state index contributed by atoms with van der Waals surface area (Å²) in [5, 5.41) is 17.9. The number of halogens is 2. The molecule has 8 heteroatoms. The molecule has 4 aromatic rings. The van der Waals surface area contributed by atoms with Crippen molar-refractivity contribution >= 4 is 32.9 Å². The van der Waals surface area contributed by atoms with Crippen molar-refractivity contribution in [1.82, 2.24) is 19.8 Å². The average molecular weight is 345 g/mol. The van der Waals surface area contributed by atoms with Crippen LogP contribution in [0.3, 0.4) is 0 Å². The minimum Gasteiger partial charge on any atom is -0.362 e. The Kier molecular flexibility index (Phi) is 3.61. The van der Waals surface area contributed by atoms with Gasteiger partial charge in [-0.3, -0.25) is 0 Å². The number of benzene rings is 1. The van der Waals surface area contributed by atoms with Gasteiger partial charge in [-0.15, -0.1) is 26.6 Å². The Morgan fingerprint density at radius 2 is 1.96 bits per heavy atom. The first kappa shape index (κ1) is 14.9. The van der Waals surface area contributed by atoms with Crippen molar-refractivity contribution in [3.05, 3.63) is 53.2 Å². The molecule has 3 heterocycles. The molecule has 1 aromatic carbocycles. The van der Waals surface area contributed by atoms with Gasteiger partial charge in [0.25, 0.3) is 6.43 Å². The van der Waals surface area contributed by atoms with E-state index in [2.05, 4.69) is 38.1 Å². The molecule has 0 fully saturated rings. The van der Waals surface area contributed by atoms with E-state index >= 15 is 0 Å². The highest BCUT2D eigenvalue weighted by molar-refractivity contribution is 7.17. The Morgan fingerprint density at radius 1 is 1.12 bits per heavy atom. The monoisotopic (exact) mass is 345 g/mol. The summed E-state index contributed by atoms with van der Waals surface area (Å²) in [5.41, 5.74) is 1.44. The van der Waals surface area contributed by atoms with E-state index in [4.69, 9.17) is 0 Å². The maximum atomic E-state index is 12.9. The normalized spacial score (nSPS) is 13.0. The van der Waals surface area contributed by atoms with E-state index in [1.807, 2.05) is 19.1 Å². The number of anilines is 1. The van der Waals surface area contributed by atoms with Crippen molar-refractivity contribution in [1.29, 1.82) is 0 Å². The van der Waals surface area contributed by atoms with Crippen molar-refractivity contribution in [2.45, 2.75) is 19.4 Å². The highest BCUT2D eigenvalue weighted by atomic mass is 32.1. The van der Waals surface area contributed by atoms with Crippen LogP contribution in [0.1, 0.15) is 30.8 Å². The van der Waals surface area contributed by atoms with E-state index in [-0.39, 0.29) is 6.04 Å². The van der Waals surface area contributed by atoms with Gasteiger partial charge in [-0.05, 0) is 41.5 Å². The molecule has 1 N–H and O–H groups in total. The second-order valence-corrected chi connectivity index (χ2v) is 6.31. The first-order chi connectivity index (χ1) is 11.6. The number of nitrogens with zero attached hydrogens (tertiary/aromatic N) is 4. The second kappa shape index (κ2) is 5.79. The van der Waals surface area contributed by atoms with Gasteiger partial charge in [0.1, 0.15) is 5.82 Å². The first-order valence-electron chi connectivity index (χ1n) is 7.36. The molecule has 3 aromatic heterocycles. The topological polar surface area (TPSA) is 55.1 Å². The molecule has 0 radical (unpaired) electrons. The fourth-order valence-corrected chi connectivity index (χ4v) is 3.71. The van der Waals surface area contributed by atoms with Crippen LogP contribution in [0.15, 0.2) is 41.8 Å². The lowest BCUT2D eigenvalue weighted by Gasteiger charge is -2.14. The van der Waals surface area contributed by atoms with E-state index in [0.29, 0.717) is 11.5 Å². The molecular formula is C16H13F2N5S. The zero-order valence-corrected chi connectivity index (χ0v) is 13.5. The first-order valence-corrected chi connectivity index (χ1v) is 8.24. The van der Waals surface area contributed by atoms with Gasteiger partial charge >= 0.3 is 0 Å². The number of rotatable bonds is 4. The van der Waals surface area contributed by atoms with Crippen molar-refractivity contribution in [2.75, 3.05) is 5.32 Å². The molecule has 0 aliphatic heterocycles. The van der Waals surface area contributed by atoms with Crippen LogP contribution in [0.4, 0.5) is 14.6 Å². The number of aromatic nitrogens is 4. The predicted octanol–water partition coefficient (Wildman–Crippen LogP) is 4.45.